The molecule has 0 aromatic heterocycles. The number of nitrogens with zero attached hydrogens (tertiary/aromatic N) is 1. The van der Waals surface area contributed by atoms with Gasteiger partial charge in [-0.05, 0) is 61.9 Å². The molecule has 1 atom stereocenters. The minimum absolute atomic E-state index is 0.0207. The Labute approximate surface area is 186 Å². The predicted octanol–water partition coefficient (Wildman–Crippen LogP) is 4.69. The number of hydrogen-bond acceptors (Lipinski definition) is 3. The SMILES string of the molecule is COc1ccc(CN(C(=O)CCc2ccc(C(C)C)cc2)[C@H](C)C(=O)NC(C)C)cc1. The second-order valence-corrected chi connectivity index (χ2v) is 8.61. The van der Waals surface area contributed by atoms with E-state index in [9.17, 15) is 9.59 Å². The first-order valence-electron chi connectivity index (χ1n) is 11.0. The fourth-order valence-corrected chi connectivity index (χ4v) is 3.38. The summed E-state index contributed by atoms with van der Waals surface area (Å²) in [5.74, 6) is 1.07. The highest BCUT2D eigenvalue weighted by atomic mass is 16.5. The van der Waals surface area contributed by atoms with Gasteiger partial charge in [-0.2, -0.15) is 0 Å². The third kappa shape index (κ3) is 7.42. The fraction of sp³-hybridized carbons (Fsp3) is 0.462. The minimum Gasteiger partial charge on any atom is -0.497 e. The smallest absolute Gasteiger partial charge is 0.242 e. The predicted molar refractivity (Wildman–Crippen MR) is 125 cm³/mol. The summed E-state index contributed by atoms with van der Waals surface area (Å²) in [6.07, 6.45) is 1.01. The van der Waals surface area contributed by atoms with Crippen molar-refractivity contribution in [2.24, 2.45) is 0 Å². The Balaban J connectivity index is 2.12. The van der Waals surface area contributed by atoms with Gasteiger partial charge in [0.2, 0.25) is 11.8 Å². The number of carbonyl (C=O) groups excluding carboxylic acids is 2. The molecule has 0 unspecified atom stereocenters. The molecule has 0 aliphatic carbocycles. The van der Waals surface area contributed by atoms with Crippen molar-refractivity contribution in [1.82, 2.24) is 10.2 Å². The van der Waals surface area contributed by atoms with Crippen molar-refractivity contribution in [2.75, 3.05) is 7.11 Å². The Bertz CT molecular complexity index is 842. The average Bonchev–Trinajstić information content (AvgIpc) is 2.75. The summed E-state index contributed by atoms with van der Waals surface area (Å²) >= 11 is 0. The third-order valence-corrected chi connectivity index (χ3v) is 5.38. The van der Waals surface area contributed by atoms with Crippen molar-refractivity contribution < 1.29 is 14.3 Å². The zero-order valence-electron chi connectivity index (χ0n) is 19.6. The van der Waals surface area contributed by atoms with Gasteiger partial charge >= 0.3 is 0 Å². The zero-order valence-corrected chi connectivity index (χ0v) is 19.6. The molecule has 2 aromatic carbocycles. The molecule has 0 aliphatic heterocycles. The van der Waals surface area contributed by atoms with E-state index in [1.165, 1.54) is 5.56 Å². The van der Waals surface area contributed by atoms with Gasteiger partial charge in [0.15, 0.2) is 0 Å². The number of rotatable bonds is 10. The lowest BCUT2D eigenvalue weighted by Gasteiger charge is -2.29. The van der Waals surface area contributed by atoms with Gasteiger partial charge in [0.05, 0.1) is 7.11 Å². The topological polar surface area (TPSA) is 58.6 Å². The van der Waals surface area contributed by atoms with Gasteiger partial charge in [0, 0.05) is 19.0 Å². The first kappa shape index (κ1) is 24.4. The Hall–Kier alpha value is -2.82. The van der Waals surface area contributed by atoms with E-state index in [1.54, 1.807) is 18.9 Å². The second kappa shape index (κ2) is 11.5. The summed E-state index contributed by atoms with van der Waals surface area (Å²) in [6, 6.07) is 15.5. The van der Waals surface area contributed by atoms with Crippen LogP contribution in [0, 0.1) is 0 Å². The van der Waals surface area contributed by atoms with Crippen LogP contribution in [0.25, 0.3) is 0 Å². The molecule has 0 aliphatic rings. The highest BCUT2D eigenvalue weighted by Crippen LogP contribution is 2.18. The van der Waals surface area contributed by atoms with Gasteiger partial charge < -0.3 is 15.0 Å². The molecule has 0 fully saturated rings. The van der Waals surface area contributed by atoms with Gasteiger partial charge in [0.1, 0.15) is 11.8 Å². The molecule has 168 valence electrons. The van der Waals surface area contributed by atoms with Crippen LogP contribution in [0.5, 0.6) is 5.75 Å². The van der Waals surface area contributed by atoms with Crippen molar-refractivity contribution in [3.8, 4) is 5.75 Å². The fourth-order valence-electron chi connectivity index (χ4n) is 3.38. The quantitative estimate of drug-likeness (QED) is 0.602. The summed E-state index contributed by atoms with van der Waals surface area (Å²) in [6.45, 7) is 10.3. The van der Waals surface area contributed by atoms with Crippen LogP contribution in [0.4, 0.5) is 0 Å². The van der Waals surface area contributed by atoms with Crippen LogP contribution in [0.2, 0.25) is 0 Å². The lowest BCUT2D eigenvalue weighted by molar-refractivity contribution is -0.140. The van der Waals surface area contributed by atoms with Crippen molar-refractivity contribution >= 4 is 11.8 Å². The molecule has 31 heavy (non-hydrogen) atoms. The monoisotopic (exact) mass is 424 g/mol. The van der Waals surface area contributed by atoms with Crippen LogP contribution in [0.3, 0.4) is 0 Å². The zero-order chi connectivity index (χ0) is 23.0. The van der Waals surface area contributed by atoms with Crippen LogP contribution in [-0.4, -0.2) is 35.9 Å². The number of aryl methyl sites for hydroxylation is 1. The largest absolute Gasteiger partial charge is 0.497 e. The Morgan fingerprint density at radius 1 is 0.903 bits per heavy atom. The Morgan fingerprint density at radius 2 is 1.48 bits per heavy atom. The number of nitrogens with one attached hydrogen (secondary N) is 1. The molecule has 0 saturated carbocycles. The van der Waals surface area contributed by atoms with Gasteiger partial charge in [-0.25, -0.2) is 0 Å². The standard InChI is InChI=1S/C26H36N2O3/c1-18(2)23-12-7-21(8-13-23)11-16-25(29)28(20(5)26(30)27-19(3)4)17-22-9-14-24(31-6)15-10-22/h7-10,12-15,18-20H,11,16-17H2,1-6H3,(H,27,30)/t20-/m1/s1. The lowest BCUT2D eigenvalue weighted by atomic mass is 10.00. The van der Waals surface area contributed by atoms with Crippen LogP contribution < -0.4 is 10.1 Å². The Kier molecular flexibility index (Phi) is 9.10. The number of hydrogen-bond donors (Lipinski definition) is 1. The first-order chi connectivity index (χ1) is 14.7. The first-order valence-corrected chi connectivity index (χ1v) is 11.0. The molecule has 0 radical (unpaired) electrons. The number of ether oxygens (including phenoxy) is 1. The van der Waals surface area contributed by atoms with E-state index in [0.717, 1.165) is 16.9 Å². The Morgan fingerprint density at radius 3 is 2.00 bits per heavy atom. The highest BCUT2D eigenvalue weighted by Gasteiger charge is 2.26. The van der Waals surface area contributed by atoms with E-state index in [2.05, 4.69) is 43.4 Å². The maximum absolute atomic E-state index is 13.2. The van der Waals surface area contributed by atoms with Crippen molar-refractivity contribution in [2.45, 2.75) is 72.0 Å². The third-order valence-electron chi connectivity index (χ3n) is 5.38. The average molecular weight is 425 g/mol. The number of methoxy groups -OCH3 is 1. The van der Waals surface area contributed by atoms with Crippen LogP contribution in [0.15, 0.2) is 48.5 Å². The lowest BCUT2D eigenvalue weighted by Crippen LogP contribution is -2.49. The summed E-state index contributed by atoms with van der Waals surface area (Å²) in [7, 11) is 1.62. The number of carbonyl (C=O) groups is 2. The van der Waals surface area contributed by atoms with E-state index in [-0.39, 0.29) is 17.9 Å². The van der Waals surface area contributed by atoms with Gasteiger partial charge in [-0.1, -0.05) is 50.2 Å². The second-order valence-electron chi connectivity index (χ2n) is 8.61. The molecule has 5 nitrogen and oxygen atoms in total. The normalized spacial score (nSPS) is 12.0. The molecule has 1 N–H and O–H groups in total. The van der Waals surface area contributed by atoms with Gasteiger partial charge in [-0.15, -0.1) is 0 Å². The molecule has 2 rings (SSSR count). The van der Waals surface area contributed by atoms with Crippen molar-refractivity contribution in [1.29, 1.82) is 0 Å². The molecule has 5 heteroatoms. The van der Waals surface area contributed by atoms with Crippen LogP contribution >= 0.6 is 0 Å². The van der Waals surface area contributed by atoms with Crippen LogP contribution in [-0.2, 0) is 22.6 Å². The maximum atomic E-state index is 13.2. The minimum atomic E-state index is -0.555. The summed E-state index contributed by atoms with van der Waals surface area (Å²) in [5, 5.41) is 2.92. The highest BCUT2D eigenvalue weighted by molar-refractivity contribution is 5.87. The molecule has 2 amide bonds. The number of benzene rings is 2. The molecular weight excluding hydrogens is 388 g/mol. The molecular formula is C26H36N2O3. The van der Waals surface area contributed by atoms with E-state index < -0.39 is 6.04 Å². The summed E-state index contributed by atoms with van der Waals surface area (Å²) in [4.78, 5) is 27.5. The molecule has 0 heterocycles. The van der Waals surface area contributed by atoms with E-state index in [1.807, 2.05) is 38.1 Å². The van der Waals surface area contributed by atoms with E-state index in [4.69, 9.17) is 4.74 Å². The molecule has 0 bridgehead atoms. The summed E-state index contributed by atoms with van der Waals surface area (Å²) in [5.41, 5.74) is 3.37. The van der Waals surface area contributed by atoms with Crippen LogP contribution in [0.1, 0.15) is 63.6 Å². The van der Waals surface area contributed by atoms with E-state index >= 15 is 0 Å². The molecule has 2 aromatic rings. The maximum Gasteiger partial charge on any atom is 0.242 e. The molecule has 0 spiro atoms. The van der Waals surface area contributed by atoms with Crippen molar-refractivity contribution in [3.63, 3.8) is 0 Å². The van der Waals surface area contributed by atoms with Gasteiger partial charge in [0.25, 0.3) is 0 Å². The van der Waals surface area contributed by atoms with Gasteiger partial charge in [-0.3, -0.25) is 9.59 Å². The molecule has 0 saturated heterocycles. The van der Waals surface area contributed by atoms with E-state index in [0.29, 0.717) is 25.3 Å². The summed E-state index contributed by atoms with van der Waals surface area (Å²) < 4.78 is 5.22. The number of amides is 2. The van der Waals surface area contributed by atoms with Crippen molar-refractivity contribution in [3.05, 3.63) is 65.2 Å².